The van der Waals surface area contributed by atoms with Crippen LogP contribution in [0.5, 0.6) is 0 Å². The molecule has 11 rings (SSSR count). The van der Waals surface area contributed by atoms with Crippen molar-refractivity contribution in [2.24, 2.45) is 0 Å². The molecule has 0 unspecified atom stereocenters. The fourth-order valence-corrected chi connectivity index (χ4v) is 9.88. The number of hydrogen-bond acceptors (Lipinski definition) is 7. The summed E-state index contributed by atoms with van der Waals surface area (Å²) in [5, 5.41) is 5.90. The van der Waals surface area contributed by atoms with Gasteiger partial charge in [0.1, 0.15) is 6.33 Å². The van der Waals surface area contributed by atoms with E-state index >= 15 is 0 Å². The number of aromatic nitrogens is 6. The van der Waals surface area contributed by atoms with Gasteiger partial charge in [0, 0.05) is 53.7 Å². The van der Waals surface area contributed by atoms with E-state index in [0.717, 1.165) is 54.1 Å². The summed E-state index contributed by atoms with van der Waals surface area (Å²) in [5.41, 5.74) is 7.24. The maximum atomic E-state index is 5.29. The maximum absolute atomic E-state index is 5.29. The minimum atomic E-state index is 0.574. The lowest BCUT2D eigenvalue weighted by Gasteiger charge is -2.12. The molecule has 11 aromatic rings. The van der Waals surface area contributed by atoms with Gasteiger partial charge < -0.3 is 0 Å². The molecule has 51 heavy (non-hydrogen) atoms. The highest BCUT2D eigenvalue weighted by Crippen LogP contribution is 2.51. The van der Waals surface area contributed by atoms with Crippen molar-refractivity contribution in [2.75, 3.05) is 0 Å². The van der Waals surface area contributed by atoms with Crippen molar-refractivity contribution in [1.82, 2.24) is 29.5 Å². The molecule has 0 N–H and O–H groups in total. The fourth-order valence-electron chi connectivity index (χ4n) is 7.36. The molecule has 0 bridgehead atoms. The molecule has 0 amide bonds. The molecule has 8 heteroatoms. The van der Waals surface area contributed by atoms with E-state index in [1.165, 1.54) is 30.4 Å². The highest BCUT2D eigenvalue weighted by atomic mass is 32.1. The van der Waals surface area contributed by atoms with Crippen LogP contribution in [0.4, 0.5) is 0 Å². The number of fused-ring (bicyclic) bond motifs is 12. The van der Waals surface area contributed by atoms with Gasteiger partial charge >= 0.3 is 0 Å². The van der Waals surface area contributed by atoms with Gasteiger partial charge in [-0.2, -0.15) is 9.97 Å². The molecule has 0 aliphatic heterocycles. The number of thiophene rings is 2. The predicted molar refractivity (Wildman–Crippen MR) is 212 cm³/mol. The Labute approximate surface area is 299 Å². The third-order valence-electron chi connectivity index (χ3n) is 9.62. The standard InChI is InChI=1S/C43H24N6S2/c1-3-11-25(12-4-1)26-19-21-28(22-20-26)42-46-41(27-13-5-2-6-14-27)47-43(48-42)49-31-17-9-7-15-29(31)34-36-37-33(23-44-24-45-37)51-39(36)35-30-16-8-10-18-32(30)50-40(35)38(34)49/h1-24H. The first-order chi connectivity index (χ1) is 25.3. The number of rotatable bonds is 4. The van der Waals surface area contributed by atoms with Crippen LogP contribution in [0.1, 0.15) is 0 Å². The molecular weight excluding hydrogens is 665 g/mol. The monoisotopic (exact) mass is 688 g/mol. The van der Waals surface area contributed by atoms with Crippen LogP contribution in [0.2, 0.25) is 0 Å². The summed E-state index contributed by atoms with van der Waals surface area (Å²) in [7, 11) is 0. The van der Waals surface area contributed by atoms with Gasteiger partial charge in [-0.1, -0.05) is 121 Å². The summed E-state index contributed by atoms with van der Waals surface area (Å²) in [6, 6.07) is 46.3. The van der Waals surface area contributed by atoms with Crippen LogP contribution in [-0.4, -0.2) is 29.5 Å². The predicted octanol–water partition coefficient (Wildman–Crippen LogP) is 11.5. The summed E-state index contributed by atoms with van der Waals surface area (Å²) in [6.07, 6.45) is 3.59. The molecule has 0 aliphatic carbocycles. The second kappa shape index (κ2) is 11.1. The van der Waals surface area contributed by atoms with Crippen molar-refractivity contribution in [3.8, 4) is 39.9 Å². The first-order valence-corrected chi connectivity index (χ1v) is 18.3. The third-order valence-corrected chi connectivity index (χ3v) is 11.9. The first kappa shape index (κ1) is 28.5. The average molecular weight is 689 g/mol. The van der Waals surface area contributed by atoms with Gasteiger partial charge in [-0.15, -0.1) is 22.7 Å². The lowest BCUT2D eigenvalue weighted by molar-refractivity contribution is 0.955. The van der Waals surface area contributed by atoms with Crippen molar-refractivity contribution in [2.45, 2.75) is 0 Å². The lowest BCUT2D eigenvalue weighted by Crippen LogP contribution is -2.06. The fraction of sp³-hybridized carbons (Fsp3) is 0. The summed E-state index contributed by atoms with van der Waals surface area (Å²) >= 11 is 3.59. The van der Waals surface area contributed by atoms with Crippen molar-refractivity contribution in [3.63, 3.8) is 0 Å². The largest absolute Gasteiger partial charge is 0.276 e. The molecule has 0 aliphatic rings. The molecule has 238 valence electrons. The first-order valence-electron chi connectivity index (χ1n) is 16.7. The highest BCUT2D eigenvalue weighted by Gasteiger charge is 2.26. The van der Waals surface area contributed by atoms with E-state index < -0.39 is 0 Å². The number of benzene rings is 6. The van der Waals surface area contributed by atoms with Crippen LogP contribution >= 0.6 is 22.7 Å². The van der Waals surface area contributed by atoms with E-state index in [0.29, 0.717) is 17.6 Å². The lowest BCUT2D eigenvalue weighted by atomic mass is 10.0. The summed E-state index contributed by atoms with van der Waals surface area (Å²) in [5.74, 6) is 1.81. The van der Waals surface area contributed by atoms with Crippen LogP contribution in [0.25, 0.3) is 102 Å². The van der Waals surface area contributed by atoms with E-state index in [1.54, 1.807) is 17.7 Å². The zero-order valence-electron chi connectivity index (χ0n) is 26.9. The van der Waals surface area contributed by atoms with Crippen molar-refractivity contribution in [3.05, 3.63) is 146 Å². The molecule has 0 fully saturated rings. The van der Waals surface area contributed by atoms with Crippen molar-refractivity contribution >= 4 is 85.0 Å². The molecule has 5 heterocycles. The normalized spacial score (nSPS) is 11.9. The minimum Gasteiger partial charge on any atom is -0.276 e. The van der Waals surface area contributed by atoms with E-state index in [2.05, 4.69) is 119 Å². The van der Waals surface area contributed by atoms with Gasteiger partial charge in [-0.3, -0.25) is 4.57 Å². The summed E-state index contributed by atoms with van der Waals surface area (Å²) in [4.78, 5) is 24.9. The molecule has 5 aromatic heterocycles. The number of para-hydroxylation sites is 1. The molecule has 0 saturated carbocycles. The minimum absolute atomic E-state index is 0.574. The van der Waals surface area contributed by atoms with Gasteiger partial charge in [0.2, 0.25) is 5.95 Å². The Kier molecular flexibility index (Phi) is 6.19. The molecule has 0 spiro atoms. The van der Waals surface area contributed by atoms with E-state index in [1.807, 2.05) is 41.8 Å². The van der Waals surface area contributed by atoms with Gasteiger partial charge in [-0.05, 0) is 23.3 Å². The Bertz CT molecular complexity index is 3130. The number of hydrogen-bond donors (Lipinski definition) is 0. The third kappa shape index (κ3) is 4.30. The Morgan fingerprint density at radius 1 is 0.471 bits per heavy atom. The Balaban J connectivity index is 1.27. The average Bonchev–Trinajstić information content (AvgIpc) is 3.88. The Morgan fingerprint density at radius 2 is 1.08 bits per heavy atom. The van der Waals surface area contributed by atoms with Crippen LogP contribution in [-0.2, 0) is 0 Å². The maximum Gasteiger partial charge on any atom is 0.238 e. The topological polar surface area (TPSA) is 69.4 Å². The van der Waals surface area contributed by atoms with Crippen LogP contribution in [0.3, 0.4) is 0 Å². The zero-order chi connectivity index (χ0) is 33.5. The van der Waals surface area contributed by atoms with Crippen LogP contribution in [0.15, 0.2) is 146 Å². The van der Waals surface area contributed by atoms with Gasteiger partial charge in [-0.25, -0.2) is 15.0 Å². The Hall–Kier alpha value is -6.35. The van der Waals surface area contributed by atoms with Gasteiger partial charge in [0.15, 0.2) is 11.6 Å². The smallest absolute Gasteiger partial charge is 0.238 e. The molecule has 6 nitrogen and oxygen atoms in total. The van der Waals surface area contributed by atoms with Gasteiger partial charge in [0.05, 0.1) is 25.9 Å². The highest BCUT2D eigenvalue weighted by molar-refractivity contribution is 7.30. The van der Waals surface area contributed by atoms with Crippen LogP contribution in [0, 0.1) is 0 Å². The molecule has 6 aromatic carbocycles. The van der Waals surface area contributed by atoms with E-state index in [9.17, 15) is 0 Å². The van der Waals surface area contributed by atoms with Crippen molar-refractivity contribution in [1.29, 1.82) is 0 Å². The van der Waals surface area contributed by atoms with Crippen LogP contribution < -0.4 is 0 Å². The molecular formula is C43H24N6S2. The van der Waals surface area contributed by atoms with E-state index in [4.69, 9.17) is 19.9 Å². The molecule has 0 radical (unpaired) electrons. The zero-order valence-corrected chi connectivity index (χ0v) is 28.5. The SMILES string of the molecule is c1ccc(-c2ccc(-c3nc(-c4ccccc4)nc(-n4c5ccccc5c5c6c7ncncc7sc6c6c7ccccc7sc6c54)n3)cc2)cc1. The molecule has 0 saturated heterocycles. The molecule has 0 atom stereocenters. The number of nitrogens with zero attached hydrogens (tertiary/aromatic N) is 6. The van der Waals surface area contributed by atoms with E-state index in [-0.39, 0.29) is 0 Å². The van der Waals surface area contributed by atoms with Crippen molar-refractivity contribution < 1.29 is 0 Å². The quantitative estimate of drug-likeness (QED) is 0.184. The second-order valence-electron chi connectivity index (χ2n) is 12.5. The second-order valence-corrected chi connectivity index (χ2v) is 14.6. The summed E-state index contributed by atoms with van der Waals surface area (Å²) in [6.45, 7) is 0. The van der Waals surface area contributed by atoms with Gasteiger partial charge in [0.25, 0.3) is 0 Å². The summed E-state index contributed by atoms with van der Waals surface area (Å²) < 4.78 is 6.99. The Morgan fingerprint density at radius 3 is 1.86 bits per heavy atom.